The molecule has 0 amide bonds. The molecule has 0 radical (unpaired) electrons. The number of carboxylic acids is 1. The lowest BCUT2D eigenvalue weighted by Gasteiger charge is -2.40. The predicted molar refractivity (Wildman–Crippen MR) is 98.0 cm³/mol. The molecule has 0 saturated carbocycles. The van der Waals surface area contributed by atoms with Crippen LogP contribution < -0.4 is 19.7 Å². The first kappa shape index (κ1) is 22.4. The van der Waals surface area contributed by atoms with Gasteiger partial charge in [-0.3, -0.25) is 10.3 Å². The topological polar surface area (TPSA) is 78.2 Å². The van der Waals surface area contributed by atoms with Gasteiger partial charge in [0.2, 0.25) is 0 Å². The van der Waals surface area contributed by atoms with Gasteiger partial charge < -0.3 is 14.6 Å². The Kier molecular flexibility index (Phi) is 6.40. The molecule has 0 spiro atoms. The molecular formula is C20H24F3N3O3. The Morgan fingerprint density at radius 3 is 2.66 bits per heavy atom. The summed E-state index contributed by atoms with van der Waals surface area (Å²) in [6.45, 7) is 5.39. The van der Waals surface area contributed by atoms with E-state index >= 15 is 0 Å². The molecule has 4 rings (SSSR count). The van der Waals surface area contributed by atoms with Crippen LogP contribution in [0.4, 0.5) is 19.0 Å². The molecule has 2 atom stereocenters. The molecule has 158 valence electrons. The van der Waals surface area contributed by atoms with E-state index in [1.807, 2.05) is 18.5 Å². The van der Waals surface area contributed by atoms with Crippen molar-refractivity contribution >= 4 is 11.8 Å². The minimum absolute atomic E-state index is 0. The number of rotatable bonds is 0. The zero-order valence-electron chi connectivity index (χ0n) is 15.4. The third-order valence-corrected chi connectivity index (χ3v) is 5.16. The lowest BCUT2D eigenvalue weighted by atomic mass is 9.75. The summed E-state index contributed by atoms with van der Waals surface area (Å²) in [6.07, 6.45) is 1.67. The summed E-state index contributed by atoms with van der Waals surface area (Å²) in [5, 5.41) is 12.5. The van der Waals surface area contributed by atoms with Gasteiger partial charge in [0.15, 0.2) is 0 Å². The summed E-state index contributed by atoms with van der Waals surface area (Å²) in [5.74, 6) is -0.459. The first-order chi connectivity index (χ1) is 13.1. The Hall–Kier alpha value is -2.84. The van der Waals surface area contributed by atoms with Gasteiger partial charge in [-0.15, -0.1) is 0 Å². The van der Waals surface area contributed by atoms with Crippen LogP contribution in [0.25, 0.3) is 0 Å². The number of alkyl halides is 3. The molecular weight excluding hydrogens is 387 g/mol. The molecule has 2 aromatic rings. The van der Waals surface area contributed by atoms with Gasteiger partial charge in [-0.05, 0) is 26.3 Å². The molecule has 1 aromatic heterocycles. The van der Waals surface area contributed by atoms with Crippen molar-refractivity contribution in [2.24, 2.45) is 5.92 Å². The van der Waals surface area contributed by atoms with Crippen LogP contribution in [0.15, 0.2) is 42.9 Å². The van der Waals surface area contributed by atoms with E-state index in [4.69, 9.17) is 14.6 Å². The highest BCUT2D eigenvalue weighted by molar-refractivity contribution is 5.70. The van der Waals surface area contributed by atoms with Gasteiger partial charge in [0, 0.05) is 11.5 Å². The molecule has 6 nitrogen and oxygen atoms in total. The number of hydrogen-bond acceptors (Lipinski definition) is 5. The van der Waals surface area contributed by atoms with E-state index < -0.39 is 12.1 Å². The maximum absolute atomic E-state index is 10.5. The van der Waals surface area contributed by atoms with E-state index in [9.17, 15) is 13.2 Å². The van der Waals surface area contributed by atoms with Crippen LogP contribution in [0.3, 0.4) is 0 Å². The van der Waals surface area contributed by atoms with Gasteiger partial charge in [0.25, 0.3) is 5.82 Å². The minimum Gasteiger partial charge on any atom is -0.542 e. The summed E-state index contributed by atoms with van der Waals surface area (Å²) in [4.78, 5) is 13.1. The highest BCUT2D eigenvalue weighted by atomic mass is 19.4. The number of carbonyl (C=O) groups excluding carboxylic acids is 1. The normalized spacial score (nSPS) is 21.1. The van der Waals surface area contributed by atoms with Crippen LogP contribution in [0.2, 0.25) is 0 Å². The lowest BCUT2D eigenvalue weighted by molar-refractivity contribution is -0.759. The number of nitrogens with one attached hydrogen (secondary N) is 1. The number of fused-ring (bicyclic) bond motifs is 4. The Morgan fingerprint density at radius 1 is 1.34 bits per heavy atom. The fourth-order valence-electron chi connectivity index (χ4n) is 3.80. The van der Waals surface area contributed by atoms with Crippen molar-refractivity contribution in [2.75, 3.05) is 11.9 Å². The van der Waals surface area contributed by atoms with E-state index in [1.54, 1.807) is 0 Å². The van der Waals surface area contributed by atoms with Crippen LogP contribution in [0, 0.1) is 5.92 Å². The number of halogens is 3. The third kappa shape index (κ3) is 4.44. The summed E-state index contributed by atoms with van der Waals surface area (Å²) >= 11 is 0. The van der Waals surface area contributed by atoms with E-state index in [2.05, 4.69) is 53.1 Å². The fraction of sp³-hybridized carbons (Fsp3) is 0.450. The van der Waals surface area contributed by atoms with Gasteiger partial charge in [-0.2, -0.15) is 13.2 Å². The van der Waals surface area contributed by atoms with Gasteiger partial charge in [-0.25, -0.2) is 4.57 Å². The maximum atomic E-state index is 10.5. The van der Waals surface area contributed by atoms with Crippen LogP contribution in [0.1, 0.15) is 39.3 Å². The summed E-state index contributed by atoms with van der Waals surface area (Å²) in [5.41, 5.74) is 1.28. The molecule has 0 aliphatic carbocycles. The second-order valence-corrected chi connectivity index (χ2v) is 7.17. The molecule has 0 fully saturated rings. The van der Waals surface area contributed by atoms with E-state index in [-0.39, 0.29) is 19.0 Å². The molecule has 1 N–H and O–H groups in total. The number of nitrogens with zero attached hydrogens (tertiary/aromatic N) is 2. The molecule has 2 aliphatic heterocycles. The number of ether oxygens (including phenoxy) is 1. The highest BCUT2D eigenvalue weighted by Gasteiger charge is 2.49. The van der Waals surface area contributed by atoms with Gasteiger partial charge in [-0.1, -0.05) is 25.6 Å². The minimum atomic E-state index is -5.19. The monoisotopic (exact) mass is 411 g/mol. The van der Waals surface area contributed by atoms with Crippen molar-refractivity contribution in [1.82, 2.24) is 4.98 Å². The summed E-state index contributed by atoms with van der Waals surface area (Å²) in [6, 6.07) is 8.64. The predicted octanol–water partition coefficient (Wildman–Crippen LogP) is 2.60. The average molecular weight is 411 g/mol. The van der Waals surface area contributed by atoms with E-state index in [0.29, 0.717) is 5.92 Å². The number of anilines is 1. The van der Waals surface area contributed by atoms with Crippen LogP contribution in [0.5, 0.6) is 5.75 Å². The number of carboxylic acid groups (broad SMARTS) is 1. The van der Waals surface area contributed by atoms with Crippen molar-refractivity contribution in [2.45, 2.75) is 45.5 Å². The zero-order chi connectivity index (χ0) is 20.5. The molecule has 29 heavy (non-hydrogen) atoms. The van der Waals surface area contributed by atoms with Crippen molar-refractivity contribution in [1.29, 1.82) is 0 Å². The standard InChI is InChI=1S/C17H19N3O.C2HF3O2.CH4/c1-17(2)13-7-10-21-14-6-4-3-5-12(14)16(13)19-15-11-18-8-9-20(15)17;3-2(4,5)1(6)7;/h3-6,8-9,11,13,16H,7,10H2,1-2H3;(H,6,7);1H4/t13-,16+;;/m0../s1. The SMILES string of the molecule is C.CC1(C)[C@H]2CCOc3ccccc3[C@H]2Nc2cncc[n+]21.O=C([O-])C(F)(F)F. The zero-order valence-corrected chi connectivity index (χ0v) is 15.4. The van der Waals surface area contributed by atoms with Crippen molar-refractivity contribution < 1.29 is 32.4 Å². The first-order valence-electron chi connectivity index (χ1n) is 8.75. The van der Waals surface area contributed by atoms with Gasteiger partial charge in [0.1, 0.15) is 35.7 Å². The summed E-state index contributed by atoms with van der Waals surface area (Å²) in [7, 11) is 0. The van der Waals surface area contributed by atoms with E-state index in [1.165, 1.54) is 5.56 Å². The van der Waals surface area contributed by atoms with E-state index in [0.717, 1.165) is 24.6 Å². The van der Waals surface area contributed by atoms with Crippen molar-refractivity contribution in [3.63, 3.8) is 0 Å². The fourth-order valence-corrected chi connectivity index (χ4v) is 3.80. The number of benzene rings is 1. The summed E-state index contributed by atoms with van der Waals surface area (Å²) < 4.78 is 39.8. The number of para-hydroxylation sites is 1. The molecule has 0 bridgehead atoms. The average Bonchev–Trinajstić information content (AvgIpc) is 2.82. The smallest absolute Gasteiger partial charge is 0.430 e. The number of aromatic nitrogens is 2. The lowest BCUT2D eigenvalue weighted by Crippen LogP contribution is -2.63. The van der Waals surface area contributed by atoms with Gasteiger partial charge >= 0.3 is 6.18 Å². The molecule has 2 aliphatic rings. The molecule has 9 heteroatoms. The number of hydrogen-bond donors (Lipinski definition) is 1. The van der Waals surface area contributed by atoms with Crippen molar-refractivity contribution in [3.05, 3.63) is 48.4 Å². The second kappa shape index (κ2) is 8.26. The first-order valence-corrected chi connectivity index (χ1v) is 8.75. The van der Waals surface area contributed by atoms with Crippen LogP contribution in [-0.4, -0.2) is 23.7 Å². The maximum Gasteiger partial charge on any atom is 0.430 e. The number of carbonyl (C=O) groups is 1. The molecule has 1 aromatic carbocycles. The van der Waals surface area contributed by atoms with Crippen LogP contribution in [-0.2, 0) is 10.3 Å². The quantitative estimate of drug-likeness (QED) is 0.675. The second-order valence-electron chi connectivity index (χ2n) is 7.17. The Labute approximate surface area is 167 Å². The third-order valence-electron chi connectivity index (χ3n) is 5.16. The Morgan fingerprint density at radius 2 is 2.00 bits per heavy atom. The molecule has 0 saturated heterocycles. The molecule has 3 heterocycles. The number of aliphatic carboxylic acids is 1. The highest BCUT2D eigenvalue weighted by Crippen LogP contribution is 2.45. The Bertz CT molecular complexity index is 871. The van der Waals surface area contributed by atoms with Gasteiger partial charge in [0.05, 0.1) is 12.8 Å². The Balaban J connectivity index is 0.000000327. The van der Waals surface area contributed by atoms with Crippen molar-refractivity contribution in [3.8, 4) is 5.75 Å². The molecule has 0 unspecified atom stereocenters. The van der Waals surface area contributed by atoms with Crippen LogP contribution >= 0.6 is 0 Å². The largest absolute Gasteiger partial charge is 0.542 e.